The molecule has 4 rings (SSSR count). The maximum Gasteiger partial charge on any atom is 0.268 e. The Morgan fingerprint density at radius 2 is 2.00 bits per heavy atom. The average molecular weight is 454 g/mol. The molecule has 0 unspecified atom stereocenters. The number of fused-ring (bicyclic) bond motifs is 1. The number of benzene rings is 1. The van der Waals surface area contributed by atoms with Gasteiger partial charge in [-0.3, -0.25) is 19.7 Å². The second kappa shape index (κ2) is 9.52. The standard InChI is InChI=1S/C23H27N5O3S/c1-27(16-6-3-2-4-7-16)22(31)15-9-10-17-18(14-15)28(12-11-20(24)29)23(25-17)26-21(30)19-8-5-13-32-19/h5,8-10,13-14,16H,2-4,6-7,11-12H2,1H3,(H2,24,29)(H,25,26,30). The number of aromatic nitrogens is 2. The molecule has 0 saturated heterocycles. The second-order valence-corrected chi connectivity index (χ2v) is 9.09. The van der Waals surface area contributed by atoms with Gasteiger partial charge in [0.2, 0.25) is 11.9 Å². The van der Waals surface area contributed by atoms with E-state index in [2.05, 4.69) is 10.3 Å². The lowest BCUT2D eigenvalue weighted by atomic mass is 9.94. The molecule has 0 spiro atoms. The number of carbonyl (C=O) groups excluding carboxylic acids is 3. The van der Waals surface area contributed by atoms with Crippen molar-refractivity contribution in [1.29, 1.82) is 0 Å². The molecule has 1 aromatic carbocycles. The number of nitrogens with one attached hydrogen (secondary N) is 1. The molecule has 1 saturated carbocycles. The van der Waals surface area contributed by atoms with E-state index in [4.69, 9.17) is 5.73 Å². The third kappa shape index (κ3) is 4.67. The van der Waals surface area contributed by atoms with Crippen LogP contribution in [0.5, 0.6) is 0 Å². The summed E-state index contributed by atoms with van der Waals surface area (Å²) in [5.74, 6) is -0.439. The zero-order valence-corrected chi connectivity index (χ0v) is 18.9. The Balaban J connectivity index is 1.65. The van der Waals surface area contributed by atoms with Gasteiger partial charge in [-0.05, 0) is 42.5 Å². The molecule has 0 atom stereocenters. The Bertz CT molecular complexity index is 1130. The molecule has 8 nitrogen and oxygen atoms in total. The molecule has 2 heterocycles. The van der Waals surface area contributed by atoms with Crippen LogP contribution in [0.15, 0.2) is 35.7 Å². The molecule has 1 aliphatic rings. The third-order valence-corrected chi connectivity index (χ3v) is 6.86. The van der Waals surface area contributed by atoms with Gasteiger partial charge in [0.1, 0.15) is 0 Å². The topological polar surface area (TPSA) is 110 Å². The van der Waals surface area contributed by atoms with Gasteiger partial charge in [-0.1, -0.05) is 25.3 Å². The van der Waals surface area contributed by atoms with E-state index in [9.17, 15) is 14.4 Å². The van der Waals surface area contributed by atoms with Crippen molar-refractivity contribution in [1.82, 2.24) is 14.5 Å². The smallest absolute Gasteiger partial charge is 0.268 e. The lowest BCUT2D eigenvalue weighted by Crippen LogP contribution is -2.38. The van der Waals surface area contributed by atoms with Gasteiger partial charge < -0.3 is 15.2 Å². The van der Waals surface area contributed by atoms with Crippen molar-refractivity contribution < 1.29 is 14.4 Å². The number of anilines is 1. The number of rotatable bonds is 7. The number of aryl methyl sites for hydroxylation is 1. The fourth-order valence-electron chi connectivity index (χ4n) is 4.21. The minimum absolute atomic E-state index is 0.0365. The van der Waals surface area contributed by atoms with E-state index in [0.29, 0.717) is 27.4 Å². The Kier molecular flexibility index (Phi) is 6.55. The zero-order valence-electron chi connectivity index (χ0n) is 18.0. The number of thiophene rings is 1. The summed E-state index contributed by atoms with van der Waals surface area (Å²) >= 11 is 1.33. The van der Waals surface area contributed by atoms with Crippen LogP contribution in [0.1, 0.15) is 58.6 Å². The van der Waals surface area contributed by atoms with Crippen molar-refractivity contribution in [3.05, 3.63) is 46.2 Å². The lowest BCUT2D eigenvalue weighted by Gasteiger charge is -2.31. The summed E-state index contributed by atoms with van der Waals surface area (Å²) in [4.78, 5) is 44.1. The van der Waals surface area contributed by atoms with Crippen LogP contribution in [-0.2, 0) is 11.3 Å². The van der Waals surface area contributed by atoms with E-state index < -0.39 is 5.91 Å². The van der Waals surface area contributed by atoms with Crippen LogP contribution in [-0.4, -0.2) is 45.3 Å². The Morgan fingerprint density at radius 1 is 1.22 bits per heavy atom. The number of carbonyl (C=O) groups is 3. The van der Waals surface area contributed by atoms with Gasteiger partial charge in [0.25, 0.3) is 11.8 Å². The molecule has 9 heteroatoms. The molecule has 2 aromatic heterocycles. The van der Waals surface area contributed by atoms with Gasteiger partial charge in [0, 0.05) is 31.6 Å². The fourth-order valence-corrected chi connectivity index (χ4v) is 4.83. The highest BCUT2D eigenvalue weighted by Gasteiger charge is 2.24. The minimum atomic E-state index is -0.452. The maximum absolute atomic E-state index is 13.2. The van der Waals surface area contributed by atoms with Gasteiger partial charge in [-0.2, -0.15) is 0 Å². The number of hydrogen-bond donors (Lipinski definition) is 2. The molecule has 3 amide bonds. The van der Waals surface area contributed by atoms with Gasteiger partial charge in [0.15, 0.2) is 0 Å². The summed E-state index contributed by atoms with van der Waals surface area (Å²) in [5.41, 5.74) is 7.23. The summed E-state index contributed by atoms with van der Waals surface area (Å²) in [6.07, 6.45) is 5.67. The SMILES string of the molecule is CN(C(=O)c1ccc2nc(NC(=O)c3cccs3)n(CCC(N)=O)c2c1)C1CCCCC1. The van der Waals surface area contributed by atoms with Gasteiger partial charge in [-0.25, -0.2) is 4.98 Å². The summed E-state index contributed by atoms with van der Waals surface area (Å²) in [5, 5.41) is 4.65. The van der Waals surface area contributed by atoms with E-state index >= 15 is 0 Å². The van der Waals surface area contributed by atoms with Gasteiger partial charge in [0.05, 0.1) is 15.9 Å². The number of imidazole rings is 1. The second-order valence-electron chi connectivity index (χ2n) is 8.15. The van der Waals surface area contributed by atoms with E-state index in [0.717, 1.165) is 25.7 Å². The molecule has 168 valence electrons. The largest absolute Gasteiger partial charge is 0.370 e. The molecule has 32 heavy (non-hydrogen) atoms. The Morgan fingerprint density at radius 3 is 2.69 bits per heavy atom. The maximum atomic E-state index is 13.2. The average Bonchev–Trinajstić information content (AvgIpc) is 3.45. The van der Waals surface area contributed by atoms with E-state index in [1.165, 1.54) is 17.8 Å². The molecule has 1 fully saturated rings. The number of nitrogens with two attached hydrogens (primary N) is 1. The van der Waals surface area contributed by atoms with Crippen molar-refractivity contribution in [3.63, 3.8) is 0 Å². The van der Waals surface area contributed by atoms with Crippen LogP contribution >= 0.6 is 11.3 Å². The molecular formula is C23H27N5O3S. The zero-order chi connectivity index (χ0) is 22.7. The van der Waals surface area contributed by atoms with Crippen LogP contribution in [0, 0.1) is 0 Å². The number of hydrogen-bond acceptors (Lipinski definition) is 5. The minimum Gasteiger partial charge on any atom is -0.370 e. The highest BCUT2D eigenvalue weighted by atomic mass is 32.1. The first-order valence-electron chi connectivity index (χ1n) is 10.8. The highest BCUT2D eigenvalue weighted by molar-refractivity contribution is 7.12. The first kappa shape index (κ1) is 22.0. The van der Waals surface area contributed by atoms with Crippen molar-refractivity contribution in [3.8, 4) is 0 Å². The molecule has 3 N–H and O–H groups in total. The van der Waals surface area contributed by atoms with Crippen LogP contribution in [0.3, 0.4) is 0 Å². The molecule has 1 aliphatic carbocycles. The fraction of sp³-hybridized carbons (Fsp3) is 0.391. The molecule has 0 aliphatic heterocycles. The quantitative estimate of drug-likeness (QED) is 0.569. The van der Waals surface area contributed by atoms with Crippen LogP contribution in [0.4, 0.5) is 5.95 Å². The summed E-state index contributed by atoms with van der Waals surface area (Å²) in [6, 6.07) is 9.11. The lowest BCUT2D eigenvalue weighted by molar-refractivity contribution is -0.118. The number of nitrogens with zero attached hydrogens (tertiary/aromatic N) is 3. The van der Waals surface area contributed by atoms with Crippen molar-refractivity contribution in [2.75, 3.05) is 12.4 Å². The molecule has 0 radical (unpaired) electrons. The third-order valence-electron chi connectivity index (χ3n) is 5.99. The number of amides is 3. The Hall–Kier alpha value is -3.20. The highest BCUT2D eigenvalue weighted by Crippen LogP contribution is 2.26. The predicted octanol–water partition coefficient (Wildman–Crippen LogP) is 3.63. The van der Waals surface area contributed by atoms with Crippen LogP contribution < -0.4 is 11.1 Å². The monoisotopic (exact) mass is 453 g/mol. The summed E-state index contributed by atoms with van der Waals surface area (Å²) in [7, 11) is 1.86. The van der Waals surface area contributed by atoms with Crippen LogP contribution in [0.25, 0.3) is 11.0 Å². The van der Waals surface area contributed by atoms with E-state index in [1.54, 1.807) is 34.9 Å². The van der Waals surface area contributed by atoms with Crippen molar-refractivity contribution in [2.45, 2.75) is 51.1 Å². The molecule has 0 bridgehead atoms. The molecular weight excluding hydrogens is 426 g/mol. The van der Waals surface area contributed by atoms with E-state index in [1.807, 2.05) is 17.3 Å². The van der Waals surface area contributed by atoms with Gasteiger partial charge >= 0.3 is 0 Å². The predicted molar refractivity (Wildman–Crippen MR) is 125 cm³/mol. The first-order chi connectivity index (χ1) is 15.4. The van der Waals surface area contributed by atoms with Crippen molar-refractivity contribution >= 4 is 46.0 Å². The Labute approximate surface area is 190 Å². The van der Waals surface area contributed by atoms with Gasteiger partial charge in [-0.15, -0.1) is 11.3 Å². The first-order valence-corrected chi connectivity index (χ1v) is 11.7. The normalized spacial score (nSPS) is 14.4. The number of primary amides is 1. The van der Waals surface area contributed by atoms with E-state index in [-0.39, 0.29) is 30.8 Å². The summed E-state index contributed by atoms with van der Waals surface area (Å²) in [6.45, 7) is 0.252. The van der Waals surface area contributed by atoms with Crippen LogP contribution in [0.2, 0.25) is 0 Å². The van der Waals surface area contributed by atoms with Crippen molar-refractivity contribution in [2.24, 2.45) is 5.73 Å². The molecule has 3 aromatic rings. The summed E-state index contributed by atoms with van der Waals surface area (Å²) < 4.78 is 1.74.